The number of nitrogens with zero attached hydrogens (tertiary/aromatic N) is 2. The third kappa shape index (κ3) is 6.96. The first kappa shape index (κ1) is 28.6. The molecule has 10 nitrogen and oxygen atoms in total. The standard InChI is InChI=1S/C28H35N3O7S/c1-28(2,3)38-26(33)30-15-13-24(14-16-30)39(35,36)23-11-9-22(10-12-23)31(25(32)21-17-29-18-21)27(34)37-19-20-7-5-4-6-8-20/h4-12,21,24,29H,13-19H2,1-3H3. The predicted molar refractivity (Wildman–Crippen MR) is 145 cm³/mol. The topological polar surface area (TPSA) is 122 Å². The second-order valence-corrected chi connectivity index (χ2v) is 13.0. The number of imide groups is 1. The van der Waals surface area contributed by atoms with Gasteiger partial charge in [-0.05, 0) is 63.4 Å². The molecule has 2 aliphatic rings. The highest BCUT2D eigenvalue weighted by molar-refractivity contribution is 7.92. The molecular weight excluding hydrogens is 522 g/mol. The van der Waals surface area contributed by atoms with Crippen LogP contribution in [0.15, 0.2) is 59.5 Å². The van der Waals surface area contributed by atoms with E-state index in [9.17, 15) is 22.8 Å². The van der Waals surface area contributed by atoms with E-state index in [0.29, 0.717) is 13.1 Å². The van der Waals surface area contributed by atoms with Gasteiger partial charge in [0.05, 0.1) is 21.8 Å². The molecule has 0 atom stereocenters. The molecule has 11 heteroatoms. The smallest absolute Gasteiger partial charge is 0.421 e. The van der Waals surface area contributed by atoms with E-state index in [-0.39, 0.29) is 49.0 Å². The van der Waals surface area contributed by atoms with E-state index in [1.54, 1.807) is 20.8 Å². The Morgan fingerprint density at radius 3 is 2.13 bits per heavy atom. The lowest BCUT2D eigenvalue weighted by atomic mass is 10.0. The Balaban J connectivity index is 1.45. The van der Waals surface area contributed by atoms with Gasteiger partial charge in [0.2, 0.25) is 5.91 Å². The lowest BCUT2D eigenvalue weighted by molar-refractivity contribution is -0.123. The summed E-state index contributed by atoms with van der Waals surface area (Å²) in [6, 6.07) is 14.9. The average Bonchev–Trinajstić information content (AvgIpc) is 2.86. The van der Waals surface area contributed by atoms with Gasteiger partial charge >= 0.3 is 12.2 Å². The van der Waals surface area contributed by atoms with E-state index < -0.39 is 38.8 Å². The Hall–Kier alpha value is -3.44. The minimum absolute atomic E-state index is 0.000819. The molecule has 0 bridgehead atoms. The van der Waals surface area contributed by atoms with Crippen LogP contribution in [0.2, 0.25) is 0 Å². The van der Waals surface area contributed by atoms with Crippen molar-refractivity contribution in [3.8, 4) is 0 Å². The molecule has 0 radical (unpaired) electrons. The van der Waals surface area contributed by atoms with Gasteiger partial charge in [-0.2, -0.15) is 0 Å². The fraction of sp³-hybridized carbons (Fsp3) is 0.464. The third-order valence-corrected chi connectivity index (χ3v) is 8.97. The van der Waals surface area contributed by atoms with Crippen molar-refractivity contribution in [3.63, 3.8) is 0 Å². The van der Waals surface area contributed by atoms with Crippen molar-refractivity contribution in [1.82, 2.24) is 10.2 Å². The maximum Gasteiger partial charge on any atom is 0.421 e. The van der Waals surface area contributed by atoms with Crippen LogP contribution in [0.4, 0.5) is 15.3 Å². The summed E-state index contributed by atoms with van der Waals surface area (Å²) in [6.45, 7) is 6.82. The molecule has 2 aromatic rings. The fourth-order valence-electron chi connectivity index (χ4n) is 4.40. The number of hydrogen-bond donors (Lipinski definition) is 1. The quantitative estimate of drug-likeness (QED) is 0.570. The molecule has 3 amide bonds. The molecule has 2 heterocycles. The van der Waals surface area contributed by atoms with Gasteiger partial charge in [-0.25, -0.2) is 22.9 Å². The number of likely N-dealkylation sites (tertiary alicyclic amines) is 1. The van der Waals surface area contributed by atoms with Crippen LogP contribution < -0.4 is 10.2 Å². The Kier molecular flexibility index (Phi) is 8.60. The Morgan fingerprint density at radius 1 is 0.974 bits per heavy atom. The van der Waals surface area contributed by atoms with Gasteiger partial charge in [-0.3, -0.25) is 4.79 Å². The van der Waals surface area contributed by atoms with Crippen LogP contribution in [0.5, 0.6) is 0 Å². The van der Waals surface area contributed by atoms with Crippen molar-refractivity contribution >= 4 is 33.6 Å². The molecule has 0 saturated carbocycles. The van der Waals surface area contributed by atoms with Gasteiger partial charge < -0.3 is 19.7 Å². The molecule has 0 spiro atoms. The van der Waals surface area contributed by atoms with Crippen molar-refractivity contribution in [2.24, 2.45) is 5.92 Å². The van der Waals surface area contributed by atoms with Crippen LogP contribution in [0, 0.1) is 5.92 Å². The van der Waals surface area contributed by atoms with Gasteiger partial charge in [0.25, 0.3) is 0 Å². The van der Waals surface area contributed by atoms with E-state index >= 15 is 0 Å². The number of carbonyl (C=O) groups is 3. The highest BCUT2D eigenvalue weighted by Gasteiger charge is 2.36. The zero-order valence-corrected chi connectivity index (χ0v) is 23.3. The van der Waals surface area contributed by atoms with Crippen LogP contribution in [0.3, 0.4) is 0 Å². The number of carbonyl (C=O) groups excluding carboxylic acids is 3. The number of ether oxygens (including phenoxy) is 2. The minimum atomic E-state index is -3.69. The van der Waals surface area contributed by atoms with Crippen LogP contribution in [-0.2, 0) is 30.7 Å². The van der Waals surface area contributed by atoms with Crippen LogP contribution in [0.1, 0.15) is 39.2 Å². The number of benzene rings is 2. The van der Waals surface area contributed by atoms with Crippen molar-refractivity contribution in [1.29, 1.82) is 0 Å². The molecular formula is C28H35N3O7S. The summed E-state index contributed by atoms with van der Waals surface area (Å²) in [5.41, 5.74) is 0.395. The summed E-state index contributed by atoms with van der Waals surface area (Å²) >= 11 is 0. The van der Waals surface area contributed by atoms with Gasteiger partial charge in [-0.15, -0.1) is 0 Å². The maximum absolute atomic E-state index is 13.3. The number of hydrogen-bond acceptors (Lipinski definition) is 8. The third-order valence-electron chi connectivity index (χ3n) is 6.69. The summed E-state index contributed by atoms with van der Waals surface area (Å²) in [5, 5.41) is 2.36. The van der Waals surface area contributed by atoms with Crippen molar-refractivity contribution in [2.75, 3.05) is 31.1 Å². The highest BCUT2D eigenvalue weighted by atomic mass is 32.2. The van der Waals surface area contributed by atoms with Gasteiger partial charge in [0.15, 0.2) is 9.84 Å². The lowest BCUT2D eigenvalue weighted by Gasteiger charge is -2.33. The first-order valence-corrected chi connectivity index (χ1v) is 14.6. The Bertz CT molecular complexity index is 1280. The van der Waals surface area contributed by atoms with E-state index in [2.05, 4.69) is 5.32 Å². The van der Waals surface area contributed by atoms with Crippen molar-refractivity contribution in [2.45, 2.75) is 56.0 Å². The summed E-state index contributed by atoms with van der Waals surface area (Å²) < 4.78 is 37.5. The molecule has 210 valence electrons. The number of anilines is 1. The molecule has 1 N–H and O–H groups in total. The predicted octanol–water partition coefficient (Wildman–Crippen LogP) is 3.75. The summed E-state index contributed by atoms with van der Waals surface area (Å²) in [4.78, 5) is 41.0. The van der Waals surface area contributed by atoms with Crippen molar-refractivity contribution < 1.29 is 32.3 Å². The normalized spacial score (nSPS) is 16.7. The minimum Gasteiger partial charge on any atom is -0.444 e. The van der Waals surface area contributed by atoms with E-state index in [4.69, 9.17) is 9.47 Å². The summed E-state index contributed by atoms with van der Waals surface area (Å²) in [5.74, 6) is -0.773. The molecule has 0 aromatic heterocycles. The van der Waals surface area contributed by atoms with E-state index in [0.717, 1.165) is 10.5 Å². The van der Waals surface area contributed by atoms with Gasteiger partial charge in [0, 0.05) is 26.2 Å². The zero-order valence-electron chi connectivity index (χ0n) is 22.5. The number of nitrogens with one attached hydrogen (secondary N) is 1. The number of rotatable bonds is 6. The van der Waals surface area contributed by atoms with Crippen molar-refractivity contribution in [3.05, 3.63) is 60.2 Å². The molecule has 2 aliphatic heterocycles. The molecule has 39 heavy (non-hydrogen) atoms. The maximum atomic E-state index is 13.3. The number of amides is 3. The Labute approximate surface area is 229 Å². The monoisotopic (exact) mass is 557 g/mol. The summed E-state index contributed by atoms with van der Waals surface area (Å²) in [6.07, 6.45) is -0.697. The summed E-state index contributed by atoms with van der Waals surface area (Å²) in [7, 11) is -3.69. The van der Waals surface area contributed by atoms with Crippen LogP contribution >= 0.6 is 0 Å². The van der Waals surface area contributed by atoms with Gasteiger partial charge in [-0.1, -0.05) is 30.3 Å². The molecule has 2 saturated heterocycles. The largest absolute Gasteiger partial charge is 0.444 e. The Morgan fingerprint density at radius 2 is 1.59 bits per heavy atom. The number of sulfone groups is 1. The van der Waals surface area contributed by atoms with Crippen LogP contribution in [0.25, 0.3) is 0 Å². The molecule has 2 fully saturated rings. The SMILES string of the molecule is CC(C)(C)OC(=O)N1CCC(S(=O)(=O)c2ccc(N(C(=O)OCc3ccccc3)C(=O)C3CNC3)cc2)CC1. The first-order chi connectivity index (χ1) is 18.5. The second kappa shape index (κ2) is 11.7. The molecule has 4 rings (SSSR count). The number of piperidine rings is 1. The zero-order chi connectivity index (χ0) is 28.2. The molecule has 2 aromatic carbocycles. The van der Waals surface area contributed by atoms with E-state index in [1.807, 2.05) is 30.3 Å². The van der Waals surface area contributed by atoms with Crippen LogP contribution in [-0.4, -0.2) is 68.4 Å². The first-order valence-electron chi connectivity index (χ1n) is 13.0. The molecule has 0 unspecified atom stereocenters. The second-order valence-electron chi connectivity index (χ2n) is 10.8. The average molecular weight is 558 g/mol. The fourth-order valence-corrected chi connectivity index (χ4v) is 6.14. The van der Waals surface area contributed by atoms with E-state index in [1.165, 1.54) is 29.2 Å². The highest BCUT2D eigenvalue weighted by Crippen LogP contribution is 2.28. The van der Waals surface area contributed by atoms with Gasteiger partial charge in [0.1, 0.15) is 12.2 Å². The molecule has 0 aliphatic carbocycles. The lowest BCUT2D eigenvalue weighted by Crippen LogP contribution is -2.53.